The molecule has 0 aliphatic heterocycles. The average Bonchev–Trinajstić information content (AvgIpc) is 2.06. The highest BCUT2D eigenvalue weighted by Crippen LogP contribution is 2.30. The number of hydrogen-bond acceptors (Lipinski definition) is 0. The van der Waals surface area contributed by atoms with E-state index < -0.39 is 0 Å². The van der Waals surface area contributed by atoms with Crippen LogP contribution in [0, 0.1) is 5.92 Å². The van der Waals surface area contributed by atoms with Gasteiger partial charge < -0.3 is 0 Å². The Balaban J connectivity index is 2.37. The normalized spacial score (nSPS) is 27.5. The van der Waals surface area contributed by atoms with Crippen molar-refractivity contribution in [3.05, 3.63) is 47.6 Å². The fourth-order valence-electron chi connectivity index (χ4n) is 1.69. The van der Waals surface area contributed by atoms with Crippen LogP contribution < -0.4 is 0 Å². The maximum Gasteiger partial charge on any atom is 0.00831 e. The van der Waals surface area contributed by atoms with Gasteiger partial charge in [0.1, 0.15) is 0 Å². The second-order valence-electron chi connectivity index (χ2n) is 3.15. The van der Waals surface area contributed by atoms with Gasteiger partial charge in [0.15, 0.2) is 0 Å². The third-order valence-electron chi connectivity index (χ3n) is 2.40. The van der Waals surface area contributed by atoms with Crippen LogP contribution in [0.2, 0.25) is 0 Å². The molecule has 0 radical (unpaired) electrons. The molecule has 2 rings (SSSR count). The van der Waals surface area contributed by atoms with Crippen molar-refractivity contribution in [2.24, 2.45) is 5.92 Å². The molecule has 0 bridgehead atoms. The van der Waals surface area contributed by atoms with Gasteiger partial charge in [0.2, 0.25) is 0 Å². The van der Waals surface area contributed by atoms with Gasteiger partial charge in [-0.1, -0.05) is 42.0 Å². The van der Waals surface area contributed by atoms with Crippen LogP contribution in [0.4, 0.5) is 0 Å². The quantitative estimate of drug-likeness (QED) is 0.490. The minimum Gasteiger partial charge on any atom is -0.0836 e. The van der Waals surface area contributed by atoms with Crippen molar-refractivity contribution in [2.45, 2.75) is 13.3 Å². The van der Waals surface area contributed by atoms with Crippen molar-refractivity contribution in [2.75, 3.05) is 0 Å². The second-order valence-corrected chi connectivity index (χ2v) is 3.15. The Labute approximate surface area is 67.6 Å². The molecule has 0 fully saturated rings. The first-order valence-corrected chi connectivity index (χ1v) is 4.09. The summed E-state index contributed by atoms with van der Waals surface area (Å²) in [4.78, 5) is 0. The fraction of sp³-hybridized carbons (Fsp3) is 0.273. The van der Waals surface area contributed by atoms with Gasteiger partial charge in [-0.2, -0.15) is 0 Å². The Morgan fingerprint density at radius 3 is 3.00 bits per heavy atom. The standard InChI is InChI=1S/C11H12/c1-9-5-4-7-10-6-2-3-8-11(9)10/h2-7,11H,8H2,1H3. The summed E-state index contributed by atoms with van der Waals surface area (Å²) in [6.45, 7) is 2.21. The molecule has 0 saturated heterocycles. The Kier molecular flexibility index (Phi) is 1.54. The number of fused-ring (bicyclic) bond motifs is 1. The van der Waals surface area contributed by atoms with Crippen LogP contribution in [-0.4, -0.2) is 0 Å². The van der Waals surface area contributed by atoms with Gasteiger partial charge in [-0.3, -0.25) is 0 Å². The van der Waals surface area contributed by atoms with E-state index in [0.29, 0.717) is 5.92 Å². The summed E-state index contributed by atoms with van der Waals surface area (Å²) in [5.74, 6) is 0.671. The predicted molar refractivity (Wildman–Crippen MR) is 48.2 cm³/mol. The van der Waals surface area contributed by atoms with E-state index >= 15 is 0 Å². The van der Waals surface area contributed by atoms with E-state index in [4.69, 9.17) is 0 Å². The minimum absolute atomic E-state index is 0.671. The SMILES string of the molecule is CC1=CC=CC2=CC=CCC12. The topological polar surface area (TPSA) is 0 Å². The minimum atomic E-state index is 0.671. The molecule has 0 spiro atoms. The smallest absolute Gasteiger partial charge is 0.00831 e. The zero-order valence-corrected chi connectivity index (χ0v) is 6.75. The highest BCUT2D eigenvalue weighted by molar-refractivity contribution is 5.41. The van der Waals surface area contributed by atoms with Crippen LogP contribution >= 0.6 is 0 Å². The molecule has 0 amide bonds. The number of hydrogen-bond donors (Lipinski definition) is 0. The van der Waals surface area contributed by atoms with E-state index in [9.17, 15) is 0 Å². The summed E-state index contributed by atoms with van der Waals surface area (Å²) in [6, 6.07) is 0. The van der Waals surface area contributed by atoms with Gasteiger partial charge in [-0.05, 0) is 18.9 Å². The summed E-state index contributed by atoms with van der Waals surface area (Å²) in [6.07, 6.45) is 14.3. The molecular formula is C11H12. The van der Waals surface area contributed by atoms with E-state index in [2.05, 4.69) is 43.4 Å². The van der Waals surface area contributed by atoms with Crippen LogP contribution in [0.3, 0.4) is 0 Å². The van der Waals surface area contributed by atoms with Crippen LogP contribution in [-0.2, 0) is 0 Å². The Hall–Kier alpha value is -1.04. The molecule has 2 aliphatic carbocycles. The fourth-order valence-corrected chi connectivity index (χ4v) is 1.69. The molecule has 2 aliphatic rings. The molecule has 1 atom stereocenters. The van der Waals surface area contributed by atoms with Crippen LogP contribution in [0.5, 0.6) is 0 Å². The first kappa shape index (κ1) is 6.66. The molecule has 56 valence electrons. The summed E-state index contributed by atoms with van der Waals surface area (Å²) in [7, 11) is 0. The van der Waals surface area contributed by atoms with Gasteiger partial charge in [0.05, 0.1) is 0 Å². The highest BCUT2D eigenvalue weighted by atomic mass is 14.2. The van der Waals surface area contributed by atoms with Gasteiger partial charge in [-0.25, -0.2) is 0 Å². The molecule has 0 heterocycles. The third kappa shape index (κ3) is 1.09. The number of allylic oxidation sites excluding steroid dienone is 8. The lowest BCUT2D eigenvalue weighted by Gasteiger charge is -2.22. The molecular weight excluding hydrogens is 132 g/mol. The van der Waals surface area contributed by atoms with E-state index in [-0.39, 0.29) is 0 Å². The Morgan fingerprint density at radius 1 is 1.27 bits per heavy atom. The molecule has 0 heteroatoms. The molecule has 0 aromatic rings. The van der Waals surface area contributed by atoms with Gasteiger partial charge in [0.25, 0.3) is 0 Å². The first-order chi connectivity index (χ1) is 5.38. The van der Waals surface area contributed by atoms with Crippen LogP contribution in [0.25, 0.3) is 0 Å². The van der Waals surface area contributed by atoms with Crippen LogP contribution in [0.1, 0.15) is 13.3 Å². The molecule has 0 aromatic heterocycles. The summed E-state index contributed by atoms with van der Waals surface area (Å²) < 4.78 is 0. The highest BCUT2D eigenvalue weighted by Gasteiger charge is 2.16. The summed E-state index contributed by atoms with van der Waals surface area (Å²) >= 11 is 0. The lowest BCUT2D eigenvalue weighted by atomic mass is 9.83. The molecule has 0 saturated carbocycles. The largest absolute Gasteiger partial charge is 0.0836 e. The van der Waals surface area contributed by atoms with E-state index in [1.54, 1.807) is 0 Å². The predicted octanol–water partition coefficient (Wildman–Crippen LogP) is 3.01. The van der Waals surface area contributed by atoms with Crippen molar-refractivity contribution in [1.82, 2.24) is 0 Å². The lowest BCUT2D eigenvalue weighted by molar-refractivity contribution is 0.728. The molecule has 0 N–H and O–H groups in total. The summed E-state index contributed by atoms with van der Waals surface area (Å²) in [5, 5.41) is 0. The Morgan fingerprint density at radius 2 is 2.18 bits per heavy atom. The molecule has 0 nitrogen and oxygen atoms in total. The van der Waals surface area contributed by atoms with Crippen LogP contribution in [0.15, 0.2) is 47.6 Å². The van der Waals surface area contributed by atoms with E-state index in [1.165, 1.54) is 17.6 Å². The number of rotatable bonds is 0. The lowest BCUT2D eigenvalue weighted by Crippen LogP contribution is -2.07. The van der Waals surface area contributed by atoms with E-state index in [1.807, 2.05) is 0 Å². The monoisotopic (exact) mass is 144 g/mol. The van der Waals surface area contributed by atoms with Gasteiger partial charge in [-0.15, -0.1) is 0 Å². The van der Waals surface area contributed by atoms with Crippen molar-refractivity contribution in [1.29, 1.82) is 0 Å². The van der Waals surface area contributed by atoms with Gasteiger partial charge >= 0.3 is 0 Å². The van der Waals surface area contributed by atoms with Crippen molar-refractivity contribution in [3.8, 4) is 0 Å². The third-order valence-corrected chi connectivity index (χ3v) is 2.40. The Bertz CT molecular complexity index is 274. The van der Waals surface area contributed by atoms with E-state index in [0.717, 1.165) is 0 Å². The zero-order chi connectivity index (χ0) is 7.68. The van der Waals surface area contributed by atoms with Crippen molar-refractivity contribution >= 4 is 0 Å². The first-order valence-electron chi connectivity index (χ1n) is 4.09. The second kappa shape index (κ2) is 2.54. The maximum atomic E-state index is 2.24. The molecule has 11 heavy (non-hydrogen) atoms. The van der Waals surface area contributed by atoms with Crippen molar-refractivity contribution < 1.29 is 0 Å². The molecule has 1 unspecified atom stereocenters. The average molecular weight is 144 g/mol. The maximum absolute atomic E-state index is 2.24. The zero-order valence-electron chi connectivity index (χ0n) is 6.75. The summed E-state index contributed by atoms with van der Waals surface area (Å²) in [5.41, 5.74) is 2.95. The van der Waals surface area contributed by atoms with Crippen molar-refractivity contribution in [3.63, 3.8) is 0 Å². The molecule has 0 aromatic carbocycles. The van der Waals surface area contributed by atoms with Gasteiger partial charge in [0, 0.05) is 5.92 Å².